The fraction of sp³-hybridized carbons (Fsp3) is 0.941. The van der Waals surface area contributed by atoms with Crippen molar-refractivity contribution in [2.24, 2.45) is 23.7 Å². The van der Waals surface area contributed by atoms with Gasteiger partial charge in [-0.1, -0.05) is 6.42 Å². The van der Waals surface area contributed by atoms with Gasteiger partial charge in [0.1, 0.15) is 0 Å². The van der Waals surface area contributed by atoms with Gasteiger partial charge in [0, 0.05) is 32.0 Å². The summed E-state index contributed by atoms with van der Waals surface area (Å²) in [4.78, 5) is 13.9. The number of halogens is 3. The lowest BCUT2D eigenvalue weighted by Crippen LogP contribution is -2.57. The molecule has 2 bridgehead atoms. The minimum absolute atomic E-state index is 0.0469. The van der Waals surface area contributed by atoms with Gasteiger partial charge < -0.3 is 15.3 Å². The molecule has 1 saturated heterocycles. The maximum atomic E-state index is 12.8. The molecule has 0 spiro atoms. The summed E-state index contributed by atoms with van der Waals surface area (Å²) in [5, 5.41) is 12.8. The van der Waals surface area contributed by atoms with Crippen molar-refractivity contribution >= 4 is 6.03 Å². The molecule has 3 aliphatic carbocycles. The molecule has 0 radical (unpaired) electrons. The Morgan fingerprint density at radius 1 is 1.08 bits per heavy atom. The third-order valence-corrected chi connectivity index (χ3v) is 7.14. The Kier molecular flexibility index (Phi) is 3.79. The topological polar surface area (TPSA) is 52.6 Å². The molecule has 2 N–H and O–H groups in total. The van der Waals surface area contributed by atoms with Crippen LogP contribution in [0.25, 0.3) is 0 Å². The zero-order valence-electron chi connectivity index (χ0n) is 13.7. The maximum Gasteiger partial charge on any atom is 0.417 e. The van der Waals surface area contributed by atoms with Gasteiger partial charge >= 0.3 is 12.2 Å². The summed E-state index contributed by atoms with van der Waals surface area (Å²) in [5.41, 5.74) is -2.65. The number of aliphatic hydroxyl groups is 1. The number of nitrogens with zero attached hydrogens (tertiary/aromatic N) is 1. The SMILES string of the molecule is O=C(NC1CC2CC1C1CCCC21)N1CCC(O)(C(F)(F)F)CC1. The molecule has 4 aliphatic rings. The summed E-state index contributed by atoms with van der Waals surface area (Å²) in [6.07, 6.45) is 0.612. The summed E-state index contributed by atoms with van der Waals surface area (Å²) in [6, 6.07) is -0.0726. The van der Waals surface area contributed by atoms with Crippen molar-refractivity contribution in [2.75, 3.05) is 13.1 Å². The third-order valence-electron chi connectivity index (χ3n) is 7.14. The van der Waals surface area contributed by atoms with Crippen LogP contribution in [0.15, 0.2) is 0 Å². The Morgan fingerprint density at radius 3 is 2.42 bits per heavy atom. The van der Waals surface area contributed by atoms with Crippen LogP contribution in [-0.4, -0.2) is 46.9 Å². The molecule has 0 aromatic rings. The number of carbonyl (C=O) groups is 1. The number of rotatable bonds is 1. The number of hydrogen-bond donors (Lipinski definition) is 2. The Labute approximate surface area is 139 Å². The fourth-order valence-corrected chi connectivity index (χ4v) is 5.85. The summed E-state index contributed by atoms with van der Waals surface area (Å²) >= 11 is 0. The minimum atomic E-state index is -4.63. The molecule has 5 unspecified atom stereocenters. The molecule has 0 aromatic carbocycles. The molecular formula is C17H25F3N2O2. The molecule has 0 aromatic heterocycles. The Balaban J connectivity index is 1.32. The fourth-order valence-electron chi connectivity index (χ4n) is 5.85. The van der Waals surface area contributed by atoms with Crippen LogP contribution in [0.3, 0.4) is 0 Å². The number of carbonyl (C=O) groups excluding carboxylic acids is 1. The van der Waals surface area contributed by atoms with E-state index in [0.717, 1.165) is 24.2 Å². The van der Waals surface area contributed by atoms with E-state index in [1.54, 1.807) is 0 Å². The van der Waals surface area contributed by atoms with Crippen LogP contribution in [0.1, 0.15) is 44.9 Å². The normalized spacial score (nSPS) is 40.7. The highest BCUT2D eigenvalue weighted by atomic mass is 19.4. The maximum absolute atomic E-state index is 12.8. The quantitative estimate of drug-likeness (QED) is 0.767. The van der Waals surface area contributed by atoms with E-state index in [0.29, 0.717) is 5.92 Å². The monoisotopic (exact) mass is 346 g/mol. The molecule has 7 heteroatoms. The first-order chi connectivity index (χ1) is 11.3. The van der Waals surface area contributed by atoms with Gasteiger partial charge in [-0.05, 0) is 49.4 Å². The molecule has 24 heavy (non-hydrogen) atoms. The first-order valence-corrected chi connectivity index (χ1v) is 9.13. The van der Waals surface area contributed by atoms with Gasteiger partial charge in [-0.15, -0.1) is 0 Å². The second kappa shape index (κ2) is 5.51. The van der Waals surface area contributed by atoms with Crippen molar-refractivity contribution in [3.63, 3.8) is 0 Å². The van der Waals surface area contributed by atoms with Crippen LogP contribution in [0.2, 0.25) is 0 Å². The Hall–Kier alpha value is -0.980. The van der Waals surface area contributed by atoms with Gasteiger partial charge in [-0.2, -0.15) is 13.2 Å². The van der Waals surface area contributed by atoms with E-state index in [1.165, 1.54) is 30.6 Å². The standard InChI is InChI=1S/C17H25F3N2O2/c18-17(19,20)16(24)4-6-22(7-5-16)15(23)21-14-9-10-8-13(14)12-3-1-2-11(10)12/h10-14,24H,1-9H2,(H,21,23). The highest BCUT2D eigenvalue weighted by Gasteiger charge is 2.56. The minimum Gasteiger partial charge on any atom is -0.380 e. The van der Waals surface area contributed by atoms with Crippen molar-refractivity contribution in [1.82, 2.24) is 10.2 Å². The predicted molar refractivity (Wildman–Crippen MR) is 81.2 cm³/mol. The molecule has 1 heterocycles. The Bertz CT molecular complexity index is 516. The van der Waals surface area contributed by atoms with Crippen LogP contribution in [0.5, 0.6) is 0 Å². The second-order valence-corrected chi connectivity index (χ2v) is 8.23. The van der Waals surface area contributed by atoms with Gasteiger partial charge in [0.05, 0.1) is 0 Å². The van der Waals surface area contributed by atoms with E-state index < -0.39 is 24.6 Å². The van der Waals surface area contributed by atoms with Crippen LogP contribution in [-0.2, 0) is 0 Å². The van der Waals surface area contributed by atoms with Crippen LogP contribution >= 0.6 is 0 Å². The number of fused-ring (bicyclic) bond motifs is 5. The Morgan fingerprint density at radius 2 is 1.75 bits per heavy atom. The van der Waals surface area contributed by atoms with Crippen molar-refractivity contribution in [3.05, 3.63) is 0 Å². The van der Waals surface area contributed by atoms with E-state index in [1.807, 2.05) is 0 Å². The number of likely N-dealkylation sites (tertiary alicyclic amines) is 1. The molecule has 4 fully saturated rings. The average molecular weight is 346 g/mol. The van der Waals surface area contributed by atoms with Gasteiger partial charge in [0.15, 0.2) is 5.60 Å². The molecule has 1 aliphatic heterocycles. The molecule has 3 saturated carbocycles. The van der Waals surface area contributed by atoms with E-state index in [4.69, 9.17) is 0 Å². The predicted octanol–water partition coefficient (Wildman–Crippen LogP) is 2.91. The van der Waals surface area contributed by atoms with E-state index in [9.17, 15) is 23.1 Å². The summed E-state index contributed by atoms with van der Waals surface area (Å²) in [6.45, 7) is -0.0938. The highest BCUT2D eigenvalue weighted by molar-refractivity contribution is 5.74. The average Bonchev–Trinajstić information content (AvgIpc) is 3.19. The molecule has 2 amide bonds. The zero-order chi connectivity index (χ0) is 17.1. The lowest BCUT2D eigenvalue weighted by Gasteiger charge is -2.40. The first kappa shape index (κ1) is 16.5. The smallest absolute Gasteiger partial charge is 0.380 e. The lowest BCUT2D eigenvalue weighted by molar-refractivity contribution is -0.271. The van der Waals surface area contributed by atoms with Gasteiger partial charge in [0.25, 0.3) is 0 Å². The van der Waals surface area contributed by atoms with Crippen molar-refractivity contribution in [3.8, 4) is 0 Å². The number of urea groups is 1. The summed E-state index contributed by atoms with van der Waals surface area (Å²) in [7, 11) is 0. The first-order valence-electron chi connectivity index (χ1n) is 9.13. The summed E-state index contributed by atoms with van der Waals surface area (Å²) < 4.78 is 38.5. The number of nitrogens with one attached hydrogen (secondary N) is 1. The summed E-state index contributed by atoms with van der Waals surface area (Å²) in [5.74, 6) is 2.87. The van der Waals surface area contributed by atoms with Crippen molar-refractivity contribution in [2.45, 2.75) is 62.8 Å². The molecular weight excluding hydrogens is 321 g/mol. The lowest BCUT2D eigenvalue weighted by atomic mass is 9.79. The molecule has 4 nitrogen and oxygen atoms in total. The third kappa shape index (κ3) is 2.50. The second-order valence-electron chi connectivity index (χ2n) is 8.23. The molecule has 136 valence electrons. The highest BCUT2D eigenvalue weighted by Crippen LogP contribution is 2.58. The largest absolute Gasteiger partial charge is 0.417 e. The number of amides is 2. The van der Waals surface area contributed by atoms with Crippen molar-refractivity contribution < 1.29 is 23.1 Å². The van der Waals surface area contributed by atoms with Gasteiger partial charge in [-0.25, -0.2) is 4.79 Å². The van der Waals surface area contributed by atoms with E-state index >= 15 is 0 Å². The van der Waals surface area contributed by atoms with Crippen LogP contribution < -0.4 is 5.32 Å². The van der Waals surface area contributed by atoms with Crippen LogP contribution in [0.4, 0.5) is 18.0 Å². The zero-order valence-corrected chi connectivity index (χ0v) is 13.7. The van der Waals surface area contributed by atoms with Gasteiger partial charge in [-0.3, -0.25) is 0 Å². The van der Waals surface area contributed by atoms with E-state index in [-0.39, 0.29) is 25.2 Å². The van der Waals surface area contributed by atoms with Crippen molar-refractivity contribution in [1.29, 1.82) is 0 Å². The van der Waals surface area contributed by atoms with Gasteiger partial charge in [0.2, 0.25) is 0 Å². The van der Waals surface area contributed by atoms with E-state index in [2.05, 4.69) is 5.32 Å². The number of piperidine rings is 1. The molecule has 4 rings (SSSR count). The molecule has 5 atom stereocenters. The number of hydrogen-bond acceptors (Lipinski definition) is 2. The number of alkyl halides is 3. The van der Waals surface area contributed by atoms with Crippen LogP contribution in [0, 0.1) is 23.7 Å².